The summed E-state index contributed by atoms with van der Waals surface area (Å²) in [5, 5.41) is 14.2. The number of halogens is 1. The SMILES string of the molecule is CCl.C[NH+]1CCC(c2ccn(S(N)(=O)=O)c2C(=O)O)C1. The summed E-state index contributed by atoms with van der Waals surface area (Å²) in [5.41, 5.74) is 0.311. The van der Waals surface area contributed by atoms with Crippen molar-refractivity contribution < 1.29 is 23.2 Å². The highest BCUT2D eigenvalue weighted by atomic mass is 35.5. The quantitative estimate of drug-likeness (QED) is 0.626. The number of hydrogen-bond donors (Lipinski definition) is 3. The highest BCUT2D eigenvalue weighted by Crippen LogP contribution is 2.25. The number of likely N-dealkylation sites (N-methyl/N-ethyl adjacent to an activating group) is 1. The lowest BCUT2D eigenvalue weighted by atomic mass is 9.99. The zero-order valence-electron chi connectivity index (χ0n) is 11.3. The van der Waals surface area contributed by atoms with E-state index in [0.29, 0.717) is 9.54 Å². The number of nitrogens with two attached hydrogens (primary N) is 1. The van der Waals surface area contributed by atoms with Crippen molar-refractivity contribution in [2.75, 3.05) is 26.5 Å². The lowest BCUT2D eigenvalue weighted by Gasteiger charge is -2.09. The summed E-state index contributed by atoms with van der Waals surface area (Å²) in [4.78, 5) is 12.5. The molecule has 1 aromatic rings. The molecule has 1 fully saturated rings. The third-order valence-electron chi connectivity index (χ3n) is 3.31. The summed E-state index contributed by atoms with van der Waals surface area (Å²) in [7, 11) is -2.05. The Labute approximate surface area is 123 Å². The van der Waals surface area contributed by atoms with E-state index in [-0.39, 0.29) is 11.6 Å². The third-order valence-corrected chi connectivity index (χ3v) is 4.17. The summed E-state index contributed by atoms with van der Waals surface area (Å²) in [6, 6.07) is 1.54. The molecule has 1 aromatic heterocycles. The number of likely N-dealkylation sites (tertiary alicyclic amines) is 1. The number of quaternary nitrogens is 1. The first-order chi connectivity index (χ1) is 9.30. The summed E-state index contributed by atoms with van der Waals surface area (Å²) in [5.74, 6) is -1.20. The molecular formula is C11H19ClN3O4S+. The van der Waals surface area contributed by atoms with Crippen molar-refractivity contribution in [1.29, 1.82) is 0 Å². The maximum absolute atomic E-state index is 11.3. The van der Waals surface area contributed by atoms with E-state index in [9.17, 15) is 18.3 Å². The number of carboxylic acids is 1. The summed E-state index contributed by atoms with van der Waals surface area (Å²) in [6.07, 6.45) is 3.53. The van der Waals surface area contributed by atoms with Gasteiger partial charge in [-0.05, 0) is 11.6 Å². The van der Waals surface area contributed by atoms with Crippen LogP contribution in [0, 0.1) is 0 Å². The average molecular weight is 325 g/mol. The van der Waals surface area contributed by atoms with E-state index >= 15 is 0 Å². The Hall–Kier alpha value is -1.09. The van der Waals surface area contributed by atoms with Crippen molar-refractivity contribution in [2.24, 2.45) is 5.14 Å². The number of rotatable bonds is 3. The van der Waals surface area contributed by atoms with Crippen LogP contribution in [0.4, 0.5) is 0 Å². The van der Waals surface area contributed by atoms with Gasteiger partial charge in [0.15, 0.2) is 0 Å². The van der Waals surface area contributed by atoms with Gasteiger partial charge in [0.05, 0.1) is 20.1 Å². The van der Waals surface area contributed by atoms with Crippen molar-refractivity contribution in [3.8, 4) is 0 Å². The molecule has 114 valence electrons. The van der Waals surface area contributed by atoms with Gasteiger partial charge in [0.25, 0.3) is 0 Å². The number of nitrogens with one attached hydrogen (secondary N) is 1. The largest absolute Gasteiger partial charge is 0.477 e. The van der Waals surface area contributed by atoms with Gasteiger partial charge < -0.3 is 10.0 Å². The van der Waals surface area contributed by atoms with E-state index in [1.54, 1.807) is 0 Å². The molecule has 2 unspecified atom stereocenters. The maximum Gasteiger partial charge on any atom is 0.353 e. The van der Waals surface area contributed by atoms with Gasteiger partial charge >= 0.3 is 16.2 Å². The van der Waals surface area contributed by atoms with Gasteiger partial charge in [0.1, 0.15) is 5.69 Å². The molecule has 0 bridgehead atoms. The number of carboxylic acid groups (broad SMARTS) is 1. The predicted octanol–water partition coefficient (Wildman–Crippen LogP) is -0.905. The molecule has 0 aliphatic carbocycles. The Kier molecular flexibility index (Phi) is 5.58. The van der Waals surface area contributed by atoms with Gasteiger partial charge in [-0.3, -0.25) is 0 Å². The molecule has 7 nitrogen and oxygen atoms in total. The Morgan fingerprint density at radius 1 is 1.55 bits per heavy atom. The van der Waals surface area contributed by atoms with E-state index < -0.39 is 16.2 Å². The van der Waals surface area contributed by atoms with E-state index in [2.05, 4.69) is 11.6 Å². The Balaban J connectivity index is 0.000000956. The summed E-state index contributed by atoms with van der Waals surface area (Å²) >= 11 is 4.64. The van der Waals surface area contributed by atoms with Crippen LogP contribution in [0.1, 0.15) is 28.4 Å². The number of nitrogens with zero attached hydrogens (tertiary/aromatic N) is 1. The molecule has 2 heterocycles. The van der Waals surface area contributed by atoms with Crippen LogP contribution < -0.4 is 10.0 Å². The van der Waals surface area contributed by atoms with Crippen LogP contribution in [0.15, 0.2) is 12.3 Å². The maximum atomic E-state index is 11.3. The van der Waals surface area contributed by atoms with E-state index in [0.717, 1.165) is 19.5 Å². The molecule has 1 aliphatic rings. The first kappa shape index (κ1) is 17.0. The fourth-order valence-corrected chi connectivity index (χ4v) is 3.17. The highest BCUT2D eigenvalue weighted by Gasteiger charge is 2.32. The second kappa shape index (κ2) is 6.57. The normalized spacial score (nSPS) is 22.2. The highest BCUT2D eigenvalue weighted by molar-refractivity contribution is 7.87. The van der Waals surface area contributed by atoms with Gasteiger partial charge in [-0.15, -0.1) is 11.6 Å². The second-order valence-electron chi connectivity index (χ2n) is 4.66. The Morgan fingerprint density at radius 3 is 2.55 bits per heavy atom. The van der Waals surface area contributed by atoms with Crippen molar-refractivity contribution in [3.05, 3.63) is 23.5 Å². The second-order valence-corrected chi connectivity index (χ2v) is 6.09. The average Bonchev–Trinajstić information content (AvgIpc) is 2.96. The predicted molar refractivity (Wildman–Crippen MR) is 75.7 cm³/mol. The molecule has 1 saturated heterocycles. The van der Waals surface area contributed by atoms with Crippen LogP contribution in [0.3, 0.4) is 0 Å². The number of aromatic nitrogens is 1. The van der Waals surface area contributed by atoms with Crippen LogP contribution in [-0.2, 0) is 10.2 Å². The van der Waals surface area contributed by atoms with Crippen molar-refractivity contribution in [1.82, 2.24) is 3.97 Å². The van der Waals surface area contributed by atoms with Crippen LogP contribution in [-0.4, -0.2) is 50.0 Å². The number of alkyl halides is 1. The van der Waals surface area contributed by atoms with Crippen molar-refractivity contribution in [2.45, 2.75) is 12.3 Å². The van der Waals surface area contributed by atoms with Gasteiger partial charge in [-0.1, -0.05) is 0 Å². The molecule has 0 saturated carbocycles. The Bertz CT molecular complexity index is 584. The molecular weight excluding hydrogens is 306 g/mol. The molecule has 1 aliphatic heterocycles. The minimum atomic E-state index is -4.07. The number of carbonyl (C=O) groups is 1. The lowest BCUT2D eigenvalue weighted by molar-refractivity contribution is -0.866. The van der Waals surface area contributed by atoms with E-state index in [1.807, 2.05) is 7.05 Å². The zero-order chi connectivity index (χ0) is 15.5. The van der Waals surface area contributed by atoms with Gasteiger partial charge in [0.2, 0.25) is 0 Å². The van der Waals surface area contributed by atoms with Gasteiger partial charge in [-0.25, -0.2) is 13.9 Å². The fourth-order valence-electron chi connectivity index (χ4n) is 2.50. The minimum absolute atomic E-state index is 0.0686. The number of aromatic carboxylic acids is 1. The van der Waals surface area contributed by atoms with Gasteiger partial charge in [0, 0.05) is 24.9 Å². The lowest BCUT2D eigenvalue weighted by Crippen LogP contribution is -3.06. The molecule has 4 N–H and O–H groups in total. The number of hydrogen-bond acceptors (Lipinski definition) is 3. The fraction of sp³-hybridized carbons (Fsp3) is 0.545. The van der Waals surface area contributed by atoms with E-state index in [4.69, 9.17) is 5.14 Å². The Morgan fingerprint density at radius 2 is 2.15 bits per heavy atom. The van der Waals surface area contributed by atoms with E-state index in [1.165, 1.54) is 23.5 Å². The van der Waals surface area contributed by atoms with Crippen molar-refractivity contribution in [3.63, 3.8) is 0 Å². The molecule has 0 radical (unpaired) electrons. The molecule has 20 heavy (non-hydrogen) atoms. The zero-order valence-corrected chi connectivity index (χ0v) is 12.9. The smallest absolute Gasteiger partial charge is 0.353 e. The first-order valence-electron chi connectivity index (χ1n) is 5.97. The van der Waals surface area contributed by atoms with Crippen molar-refractivity contribution >= 4 is 27.8 Å². The monoisotopic (exact) mass is 324 g/mol. The molecule has 2 rings (SSSR count). The third kappa shape index (κ3) is 3.51. The van der Waals surface area contributed by atoms with Crippen LogP contribution in [0.25, 0.3) is 0 Å². The molecule has 2 atom stereocenters. The first-order valence-corrected chi connectivity index (χ1v) is 8.23. The molecule has 0 amide bonds. The van der Waals surface area contributed by atoms with Crippen LogP contribution >= 0.6 is 11.6 Å². The summed E-state index contributed by atoms with van der Waals surface area (Å²) in [6.45, 7) is 1.75. The molecule has 0 spiro atoms. The van der Waals surface area contributed by atoms with Crippen LogP contribution in [0.5, 0.6) is 0 Å². The van der Waals surface area contributed by atoms with Crippen LogP contribution in [0.2, 0.25) is 0 Å². The molecule has 9 heteroatoms. The summed E-state index contributed by atoms with van der Waals surface area (Å²) < 4.78 is 23.3. The standard InChI is InChI=1S/C10H15N3O4S.CH3Cl/c1-12-4-2-7(6-12)8-3-5-13(18(11,16)17)9(8)10(14)15;1-2/h3,5,7H,2,4,6H2,1H3,(H,14,15)(H2,11,16,17);1H3/p+1. The molecule has 0 aromatic carbocycles. The van der Waals surface area contributed by atoms with Gasteiger partial charge in [-0.2, -0.15) is 8.42 Å². The topological polar surface area (TPSA) is 107 Å². The minimum Gasteiger partial charge on any atom is -0.477 e.